The van der Waals surface area contributed by atoms with E-state index in [1.807, 2.05) is 24.8 Å². The first-order valence-corrected chi connectivity index (χ1v) is 8.59. The van der Waals surface area contributed by atoms with Gasteiger partial charge in [0.1, 0.15) is 0 Å². The fourth-order valence-electron chi connectivity index (χ4n) is 3.61. The van der Waals surface area contributed by atoms with E-state index in [1.54, 1.807) is 0 Å². The summed E-state index contributed by atoms with van der Waals surface area (Å²) in [7, 11) is 0. The monoisotopic (exact) mass is 318 g/mol. The van der Waals surface area contributed by atoms with Crippen LogP contribution in [0.4, 0.5) is 0 Å². The summed E-state index contributed by atoms with van der Waals surface area (Å²) in [4.78, 5) is 6.67. The summed E-state index contributed by atoms with van der Waals surface area (Å²) in [6.45, 7) is 3.29. The summed E-state index contributed by atoms with van der Waals surface area (Å²) >= 11 is 0. The van der Waals surface area contributed by atoms with Crippen molar-refractivity contribution in [1.82, 2.24) is 20.1 Å². The summed E-state index contributed by atoms with van der Waals surface area (Å²) in [5.41, 5.74) is 5.20. The number of nitrogens with zero attached hydrogens (tertiary/aromatic N) is 3. The molecule has 3 heterocycles. The van der Waals surface area contributed by atoms with E-state index < -0.39 is 0 Å². The van der Waals surface area contributed by atoms with E-state index in [0.717, 1.165) is 13.1 Å². The highest BCUT2D eigenvalue weighted by Crippen LogP contribution is 2.27. The van der Waals surface area contributed by atoms with E-state index in [4.69, 9.17) is 0 Å². The van der Waals surface area contributed by atoms with Gasteiger partial charge in [0.05, 0.1) is 6.20 Å². The van der Waals surface area contributed by atoms with Gasteiger partial charge in [0.2, 0.25) is 0 Å². The summed E-state index contributed by atoms with van der Waals surface area (Å²) in [5.74, 6) is 0.598. The van der Waals surface area contributed by atoms with Crippen molar-refractivity contribution in [3.8, 4) is 11.1 Å². The number of hydrogen-bond acceptors (Lipinski definition) is 3. The van der Waals surface area contributed by atoms with Gasteiger partial charge >= 0.3 is 0 Å². The van der Waals surface area contributed by atoms with Crippen LogP contribution in [0.2, 0.25) is 0 Å². The number of aromatic nitrogens is 3. The zero-order valence-electron chi connectivity index (χ0n) is 13.7. The Morgan fingerprint density at radius 3 is 2.88 bits per heavy atom. The molecule has 0 amide bonds. The van der Waals surface area contributed by atoms with Gasteiger partial charge in [-0.15, -0.1) is 0 Å². The average molecular weight is 318 g/mol. The van der Waals surface area contributed by atoms with Crippen LogP contribution in [0, 0.1) is 0 Å². The van der Waals surface area contributed by atoms with Crippen LogP contribution >= 0.6 is 0 Å². The van der Waals surface area contributed by atoms with Crippen LogP contribution in [-0.4, -0.2) is 33.2 Å². The molecule has 1 aliphatic heterocycles. The summed E-state index contributed by atoms with van der Waals surface area (Å²) in [6, 6.07) is 13.0. The zero-order chi connectivity index (χ0) is 16.2. The lowest BCUT2D eigenvalue weighted by Crippen LogP contribution is -2.33. The topological polar surface area (TPSA) is 44.8 Å². The molecule has 4 rings (SSSR count). The lowest BCUT2D eigenvalue weighted by Gasteiger charge is -2.32. The average Bonchev–Trinajstić information content (AvgIpc) is 3.18. The molecule has 4 heteroatoms. The number of pyridine rings is 1. The molecule has 0 spiro atoms. The Labute approximate surface area is 142 Å². The first-order chi connectivity index (χ1) is 11.9. The first-order valence-electron chi connectivity index (χ1n) is 8.59. The minimum atomic E-state index is 0.598. The smallest absolute Gasteiger partial charge is 0.0522 e. The first kappa shape index (κ1) is 15.1. The van der Waals surface area contributed by atoms with Crippen molar-refractivity contribution in [2.24, 2.45) is 0 Å². The van der Waals surface area contributed by atoms with E-state index in [-0.39, 0.29) is 0 Å². The number of hydrogen-bond donors (Lipinski definition) is 1. The number of H-pyrrole nitrogens is 1. The Morgan fingerprint density at radius 1 is 1.12 bits per heavy atom. The fraction of sp³-hybridized carbons (Fsp3) is 0.300. The largest absolute Gasteiger partial charge is 0.298 e. The number of piperidine rings is 1. The Morgan fingerprint density at radius 2 is 2.04 bits per heavy atom. The summed E-state index contributed by atoms with van der Waals surface area (Å²) in [5, 5.41) is 7.05. The normalized spacial score (nSPS) is 18.6. The van der Waals surface area contributed by atoms with Crippen LogP contribution in [0.1, 0.15) is 29.9 Å². The quantitative estimate of drug-likeness (QED) is 0.794. The van der Waals surface area contributed by atoms with Crippen molar-refractivity contribution in [1.29, 1.82) is 0 Å². The minimum Gasteiger partial charge on any atom is -0.298 e. The van der Waals surface area contributed by atoms with Crippen molar-refractivity contribution >= 4 is 0 Å². The van der Waals surface area contributed by atoms with Crippen molar-refractivity contribution in [3.63, 3.8) is 0 Å². The Bertz CT molecular complexity index is 767. The van der Waals surface area contributed by atoms with Crippen molar-refractivity contribution < 1.29 is 0 Å². The van der Waals surface area contributed by atoms with Gasteiger partial charge in [-0.25, -0.2) is 0 Å². The van der Waals surface area contributed by atoms with Crippen LogP contribution < -0.4 is 0 Å². The third-order valence-corrected chi connectivity index (χ3v) is 4.84. The van der Waals surface area contributed by atoms with Gasteiger partial charge < -0.3 is 0 Å². The number of likely N-dealkylation sites (tertiary alicyclic amines) is 1. The molecule has 1 fully saturated rings. The lowest BCUT2D eigenvalue weighted by atomic mass is 9.92. The standard InChI is InChI=1S/C20H22N4/c1-3-16(11-18(4-1)17-6-8-21-9-7-17)14-24-10-2-5-19(15-24)20-12-22-23-13-20/h1,3-4,6-9,11-13,19H,2,5,10,14-15H2,(H,22,23)/t19-/m1/s1. The molecule has 1 N–H and O–H groups in total. The van der Waals surface area contributed by atoms with Gasteiger partial charge in [0.25, 0.3) is 0 Å². The molecule has 2 aromatic heterocycles. The second kappa shape index (κ2) is 6.97. The zero-order valence-corrected chi connectivity index (χ0v) is 13.7. The lowest BCUT2D eigenvalue weighted by molar-refractivity contribution is 0.200. The molecule has 0 radical (unpaired) electrons. The van der Waals surface area contributed by atoms with E-state index in [2.05, 4.69) is 56.5 Å². The van der Waals surface area contributed by atoms with Gasteiger partial charge in [-0.3, -0.25) is 15.0 Å². The second-order valence-electron chi connectivity index (χ2n) is 6.54. The van der Waals surface area contributed by atoms with Crippen LogP contribution in [0.25, 0.3) is 11.1 Å². The van der Waals surface area contributed by atoms with E-state index in [9.17, 15) is 0 Å². The number of aromatic amines is 1. The second-order valence-corrected chi connectivity index (χ2v) is 6.54. The summed E-state index contributed by atoms with van der Waals surface area (Å²) < 4.78 is 0. The van der Waals surface area contributed by atoms with E-state index >= 15 is 0 Å². The van der Waals surface area contributed by atoms with Gasteiger partial charge in [0, 0.05) is 31.7 Å². The molecular weight excluding hydrogens is 296 g/mol. The maximum atomic E-state index is 4.10. The molecule has 0 bridgehead atoms. The molecule has 122 valence electrons. The third kappa shape index (κ3) is 3.39. The predicted octanol–water partition coefficient (Wildman–Crippen LogP) is 3.85. The van der Waals surface area contributed by atoms with Gasteiger partial charge in [-0.2, -0.15) is 5.10 Å². The highest BCUT2D eigenvalue weighted by molar-refractivity contribution is 5.63. The molecule has 0 unspecified atom stereocenters. The van der Waals surface area contributed by atoms with Crippen LogP contribution in [0.3, 0.4) is 0 Å². The Balaban J connectivity index is 1.47. The molecule has 3 aromatic rings. The Kier molecular flexibility index (Phi) is 4.38. The SMILES string of the molecule is c1cc(CN2CCC[C@@H](c3cn[nH]c3)C2)cc(-c2ccncc2)c1. The molecule has 1 aliphatic rings. The molecule has 24 heavy (non-hydrogen) atoms. The van der Waals surface area contributed by atoms with Crippen molar-refractivity contribution in [2.75, 3.05) is 13.1 Å². The highest BCUT2D eigenvalue weighted by atomic mass is 15.1. The summed E-state index contributed by atoms with van der Waals surface area (Å²) in [6.07, 6.45) is 10.2. The van der Waals surface area contributed by atoms with Gasteiger partial charge in [-0.05, 0) is 65.8 Å². The molecule has 4 nitrogen and oxygen atoms in total. The maximum absolute atomic E-state index is 4.10. The third-order valence-electron chi connectivity index (χ3n) is 4.84. The van der Waals surface area contributed by atoms with Crippen molar-refractivity contribution in [3.05, 3.63) is 72.3 Å². The number of nitrogens with one attached hydrogen (secondary N) is 1. The van der Waals surface area contributed by atoms with Crippen LogP contribution in [-0.2, 0) is 6.54 Å². The molecule has 1 aromatic carbocycles. The van der Waals surface area contributed by atoms with E-state index in [0.29, 0.717) is 5.92 Å². The van der Waals surface area contributed by atoms with Crippen molar-refractivity contribution in [2.45, 2.75) is 25.3 Å². The number of benzene rings is 1. The Hall–Kier alpha value is -2.46. The van der Waals surface area contributed by atoms with Crippen LogP contribution in [0.15, 0.2) is 61.2 Å². The molecule has 0 saturated carbocycles. The van der Waals surface area contributed by atoms with Gasteiger partial charge in [0.15, 0.2) is 0 Å². The van der Waals surface area contributed by atoms with Crippen LogP contribution in [0.5, 0.6) is 0 Å². The van der Waals surface area contributed by atoms with E-state index in [1.165, 1.54) is 41.6 Å². The molecular formula is C20H22N4. The molecule has 0 aliphatic carbocycles. The molecule has 1 atom stereocenters. The molecule has 1 saturated heterocycles. The van der Waals surface area contributed by atoms with Gasteiger partial charge in [-0.1, -0.05) is 18.2 Å². The minimum absolute atomic E-state index is 0.598. The predicted molar refractivity (Wildman–Crippen MR) is 95.5 cm³/mol. The maximum Gasteiger partial charge on any atom is 0.0522 e. The number of rotatable bonds is 4. The highest BCUT2D eigenvalue weighted by Gasteiger charge is 2.22. The fourth-order valence-corrected chi connectivity index (χ4v) is 3.61.